The molecule has 3 aromatic rings. The summed E-state index contributed by atoms with van der Waals surface area (Å²) in [5.41, 5.74) is 1.97. The van der Waals surface area contributed by atoms with E-state index in [0.29, 0.717) is 11.7 Å². The van der Waals surface area contributed by atoms with Gasteiger partial charge in [-0.15, -0.1) is 10.2 Å². The van der Waals surface area contributed by atoms with Crippen LogP contribution < -0.4 is 5.32 Å². The molecule has 1 spiro atoms. The predicted octanol–water partition coefficient (Wildman–Crippen LogP) is 2.78. The van der Waals surface area contributed by atoms with E-state index in [4.69, 9.17) is 0 Å². The van der Waals surface area contributed by atoms with Gasteiger partial charge >= 0.3 is 0 Å². The summed E-state index contributed by atoms with van der Waals surface area (Å²) in [4.78, 5) is 27.9. The number of nitrogens with zero attached hydrogens (tertiary/aromatic N) is 5. The minimum atomic E-state index is -0.115. The second kappa shape index (κ2) is 7.71. The number of aromatic nitrogens is 4. The third kappa shape index (κ3) is 3.71. The number of fused-ring (bicyclic) bond motifs is 2. The first kappa shape index (κ1) is 20.4. The fourth-order valence-electron chi connectivity index (χ4n) is 5.53. The van der Waals surface area contributed by atoms with Crippen molar-refractivity contribution in [3.63, 3.8) is 0 Å². The van der Waals surface area contributed by atoms with E-state index in [0.717, 1.165) is 74.2 Å². The summed E-state index contributed by atoms with van der Waals surface area (Å²) in [6, 6.07) is 8.03. The summed E-state index contributed by atoms with van der Waals surface area (Å²) < 4.78 is 4.07. The zero-order valence-electron chi connectivity index (χ0n) is 19.1. The molecular weight excluding hydrogens is 416 g/mol. The molecule has 2 aliphatic heterocycles. The summed E-state index contributed by atoms with van der Waals surface area (Å²) in [6.07, 6.45) is 8.12. The molecule has 2 fully saturated rings. The Hall–Kier alpha value is -3.16. The van der Waals surface area contributed by atoms with E-state index in [-0.39, 0.29) is 17.2 Å². The number of amides is 2. The molecule has 1 unspecified atom stereocenters. The zero-order chi connectivity index (χ0) is 22.6. The van der Waals surface area contributed by atoms with Gasteiger partial charge in [-0.05, 0) is 67.7 Å². The number of carbonyl (C=O) groups is 2. The Bertz CT molecular complexity index is 1240. The van der Waals surface area contributed by atoms with Crippen molar-refractivity contribution in [3.8, 4) is 0 Å². The minimum absolute atomic E-state index is 0.0783. The van der Waals surface area contributed by atoms with Crippen molar-refractivity contribution < 1.29 is 9.59 Å². The standard InChI is InChI=1S/C25H30N6O2/c1-29-11-7-18-14-19(4-5-20(18)29)24(33)30-12-9-25(16-30)8-6-21-27-28-22(31(21)13-10-25)23(32)26-15-17-2-3-17/h4-5,7,11,14,17H,2-3,6,8-10,12-13,15-16H2,1H3,(H,26,32). The van der Waals surface area contributed by atoms with Crippen LogP contribution in [0.1, 0.15) is 58.9 Å². The zero-order valence-corrected chi connectivity index (χ0v) is 19.1. The monoisotopic (exact) mass is 446 g/mol. The number of likely N-dealkylation sites (tertiary alicyclic amines) is 1. The van der Waals surface area contributed by atoms with Crippen LogP contribution in [0.25, 0.3) is 10.9 Å². The normalized spacial score (nSPS) is 22.5. The smallest absolute Gasteiger partial charge is 0.289 e. The lowest BCUT2D eigenvalue weighted by molar-refractivity contribution is 0.0767. The van der Waals surface area contributed by atoms with Crippen molar-refractivity contribution in [2.24, 2.45) is 18.4 Å². The SMILES string of the molecule is Cn1ccc2cc(C(=O)N3CCC4(CCc5nnc(C(=O)NCC6CC6)n5CC4)C3)ccc21. The topological polar surface area (TPSA) is 85.1 Å². The maximum atomic E-state index is 13.3. The van der Waals surface area contributed by atoms with Gasteiger partial charge in [-0.2, -0.15) is 0 Å². The molecular formula is C25H30N6O2. The minimum Gasteiger partial charge on any atom is -0.351 e. The van der Waals surface area contributed by atoms with Crippen LogP contribution in [0.5, 0.6) is 0 Å². The van der Waals surface area contributed by atoms with E-state index in [1.165, 1.54) is 12.8 Å². The van der Waals surface area contributed by atoms with E-state index in [1.54, 1.807) is 0 Å². The Kier molecular flexibility index (Phi) is 4.78. The van der Waals surface area contributed by atoms with Crippen molar-refractivity contribution in [1.29, 1.82) is 0 Å². The van der Waals surface area contributed by atoms with Gasteiger partial charge in [0.1, 0.15) is 5.82 Å². The van der Waals surface area contributed by atoms with Crippen LogP contribution in [0.3, 0.4) is 0 Å². The number of hydrogen-bond donors (Lipinski definition) is 1. The van der Waals surface area contributed by atoms with Gasteiger partial charge in [0.15, 0.2) is 0 Å². The number of carbonyl (C=O) groups excluding carboxylic acids is 2. The summed E-state index contributed by atoms with van der Waals surface area (Å²) in [7, 11) is 2.02. The van der Waals surface area contributed by atoms with Crippen LogP contribution in [0.4, 0.5) is 0 Å². The van der Waals surface area contributed by atoms with Gasteiger partial charge in [0.05, 0.1) is 0 Å². The van der Waals surface area contributed by atoms with Crippen LogP contribution >= 0.6 is 0 Å². The van der Waals surface area contributed by atoms with Gasteiger partial charge in [0.2, 0.25) is 5.82 Å². The lowest BCUT2D eigenvalue weighted by Gasteiger charge is -2.27. The molecule has 4 heterocycles. The summed E-state index contributed by atoms with van der Waals surface area (Å²) in [6.45, 7) is 3.00. The van der Waals surface area contributed by atoms with E-state index >= 15 is 0 Å². The van der Waals surface area contributed by atoms with Crippen LogP contribution in [0, 0.1) is 11.3 Å². The molecule has 1 aromatic carbocycles. The van der Waals surface area contributed by atoms with Crippen molar-refractivity contribution in [2.75, 3.05) is 19.6 Å². The molecule has 0 radical (unpaired) electrons. The fourth-order valence-corrected chi connectivity index (χ4v) is 5.53. The second-order valence-electron chi connectivity index (χ2n) is 10.2. The van der Waals surface area contributed by atoms with Crippen LogP contribution in [0.15, 0.2) is 30.5 Å². The summed E-state index contributed by atoms with van der Waals surface area (Å²) >= 11 is 0. The summed E-state index contributed by atoms with van der Waals surface area (Å²) in [5.74, 6) is 1.96. The molecule has 172 valence electrons. The molecule has 3 aliphatic rings. The van der Waals surface area contributed by atoms with Crippen molar-refractivity contribution in [3.05, 3.63) is 47.7 Å². The maximum absolute atomic E-state index is 13.3. The van der Waals surface area contributed by atoms with Crippen LogP contribution in [0.2, 0.25) is 0 Å². The average Bonchev–Trinajstić information content (AvgIpc) is 3.31. The predicted molar refractivity (Wildman–Crippen MR) is 124 cm³/mol. The molecule has 2 aromatic heterocycles. The molecule has 1 aliphatic carbocycles. The Labute approximate surface area is 193 Å². The first-order valence-corrected chi connectivity index (χ1v) is 12.1. The lowest BCUT2D eigenvalue weighted by atomic mass is 9.80. The van der Waals surface area contributed by atoms with Crippen molar-refractivity contribution >= 4 is 22.7 Å². The Morgan fingerprint density at radius 2 is 1.97 bits per heavy atom. The molecule has 1 saturated heterocycles. The van der Waals surface area contributed by atoms with Gasteiger partial charge in [-0.25, -0.2) is 0 Å². The molecule has 6 rings (SSSR count). The molecule has 1 N–H and O–H groups in total. The van der Waals surface area contributed by atoms with Crippen LogP contribution in [-0.2, 0) is 20.0 Å². The van der Waals surface area contributed by atoms with Crippen molar-refractivity contribution in [1.82, 2.24) is 29.5 Å². The average molecular weight is 447 g/mol. The fraction of sp³-hybridized carbons (Fsp3) is 0.520. The van der Waals surface area contributed by atoms with E-state index in [1.807, 2.05) is 40.9 Å². The Balaban J connectivity index is 1.14. The molecule has 1 atom stereocenters. The van der Waals surface area contributed by atoms with E-state index < -0.39 is 0 Å². The molecule has 0 bridgehead atoms. The molecule has 33 heavy (non-hydrogen) atoms. The highest BCUT2D eigenvalue weighted by Crippen LogP contribution is 2.41. The van der Waals surface area contributed by atoms with E-state index in [2.05, 4.69) is 26.1 Å². The quantitative estimate of drug-likeness (QED) is 0.668. The van der Waals surface area contributed by atoms with Crippen LogP contribution in [-0.4, -0.2) is 55.7 Å². The Morgan fingerprint density at radius 1 is 1.12 bits per heavy atom. The Morgan fingerprint density at radius 3 is 2.82 bits per heavy atom. The third-order valence-electron chi connectivity index (χ3n) is 7.88. The van der Waals surface area contributed by atoms with Gasteiger partial charge in [0.25, 0.3) is 11.8 Å². The molecule has 8 nitrogen and oxygen atoms in total. The molecule has 8 heteroatoms. The first-order valence-electron chi connectivity index (χ1n) is 12.1. The van der Waals surface area contributed by atoms with Gasteiger partial charge in [0, 0.05) is 62.3 Å². The van der Waals surface area contributed by atoms with Crippen molar-refractivity contribution in [2.45, 2.75) is 45.1 Å². The van der Waals surface area contributed by atoms with Gasteiger partial charge in [-0.3, -0.25) is 9.59 Å². The number of hydrogen-bond acceptors (Lipinski definition) is 4. The van der Waals surface area contributed by atoms with E-state index in [9.17, 15) is 9.59 Å². The lowest BCUT2D eigenvalue weighted by Crippen LogP contribution is -2.33. The number of rotatable bonds is 4. The highest BCUT2D eigenvalue weighted by molar-refractivity contribution is 5.98. The molecule has 1 saturated carbocycles. The number of benzene rings is 1. The summed E-state index contributed by atoms with van der Waals surface area (Å²) in [5, 5.41) is 12.6. The third-order valence-corrected chi connectivity index (χ3v) is 7.88. The van der Waals surface area contributed by atoms with Gasteiger partial charge in [-0.1, -0.05) is 0 Å². The number of nitrogens with one attached hydrogen (secondary N) is 1. The first-order chi connectivity index (χ1) is 16.0. The van der Waals surface area contributed by atoms with Gasteiger partial charge < -0.3 is 19.4 Å². The second-order valence-corrected chi connectivity index (χ2v) is 10.2. The number of aryl methyl sites for hydroxylation is 2. The molecule has 2 amide bonds. The largest absolute Gasteiger partial charge is 0.351 e. The maximum Gasteiger partial charge on any atom is 0.289 e. The highest BCUT2D eigenvalue weighted by Gasteiger charge is 2.41. The highest BCUT2D eigenvalue weighted by atomic mass is 16.2.